The average molecular weight is 560 g/mol. The van der Waals surface area contributed by atoms with E-state index < -0.39 is 5.97 Å². The number of nitrogens with zero attached hydrogens (tertiary/aromatic N) is 3. The fraction of sp³-hybridized carbons (Fsp3) is 0.0714. The van der Waals surface area contributed by atoms with E-state index in [1.54, 1.807) is 35.0 Å². The number of hydrogen-bond acceptors (Lipinski definition) is 6. The summed E-state index contributed by atoms with van der Waals surface area (Å²) in [6.07, 6.45) is 3.32. The Morgan fingerprint density at radius 1 is 1.13 bits per heavy atom. The molecule has 0 radical (unpaired) electrons. The van der Waals surface area contributed by atoms with Gasteiger partial charge < -0.3 is 19.7 Å². The molecule has 5 rings (SSSR count). The maximum Gasteiger partial charge on any atom is 0.342 e. The number of carbonyl (C=O) groups excluding carboxylic acids is 1. The number of aromatic nitrogens is 4. The van der Waals surface area contributed by atoms with Gasteiger partial charge in [0.05, 0.1) is 12.7 Å². The third-order valence-corrected chi connectivity index (χ3v) is 6.88. The van der Waals surface area contributed by atoms with Crippen LogP contribution in [0, 0.1) is 0 Å². The van der Waals surface area contributed by atoms with Gasteiger partial charge in [-0.15, -0.1) is 5.10 Å². The van der Waals surface area contributed by atoms with Gasteiger partial charge in [-0.25, -0.2) is 9.78 Å². The van der Waals surface area contributed by atoms with E-state index in [1.165, 1.54) is 7.11 Å². The Bertz CT molecular complexity index is 1700. The van der Waals surface area contributed by atoms with E-state index in [0.29, 0.717) is 33.4 Å². The van der Waals surface area contributed by atoms with Crippen molar-refractivity contribution in [3.8, 4) is 17.1 Å². The Morgan fingerprint density at radius 2 is 1.90 bits per heavy atom. The molecule has 0 saturated carbocycles. The highest BCUT2D eigenvalue weighted by molar-refractivity contribution is 8.04. The topological polar surface area (TPSA) is 122 Å². The third kappa shape index (κ3) is 5.97. The number of amides is 1. The molecule has 0 atom stereocenters. The van der Waals surface area contributed by atoms with Gasteiger partial charge in [0.15, 0.2) is 5.82 Å². The monoisotopic (exact) mass is 559 g/mol. The lowest BCUT2D eigenvalue weighted by Gasteiger charge is -2.07. The Kier molecular flexibility index (Phi) is 7.67. The minimum Gasteiger partial charge on any atom is -0.496 e. The van der Waals surface area contributed by atoms with Crippen LogP contribution in [0.15, 0.2) is 89.1 Å². The number of anilines is 1. The summed E-state index contributed by atoms with van der Waals surface area (Å²) in [6.45, 7) is 0.0601. The Balaban J connectivity index is 1.42. The van der Waals surface area contributed by atoms with Gasteiger partial charge in [-0.05, 0) is 54.2 Å². The van der Waals surface area contributed by atoms with E-state index in [4.69, 9.17) is 16.3 Å². The van der Waals surface area contributed by atoms with Crippen molar-refractivity contribution in [3.63, 3.8) is 0 Å². The molecule has 0 spiro atoms. The van der Waals surface area contributed by atoms with Gasteiger partial charge in [0.25, 0.3) is 0 Å². The predicted octanol–water partition coefficient (Wildman–Crippen LogP) is 5.94. The van der Waals surface area contributed by atoms with Gasteiger partial charge in [-0.2, -0.15) is 0 Å². The Morgan fingerprint density at radius 3 is 2.67 bits per heavy atom. The van der Waals surface area contributed by atoms with Crippen molar-refractivity contribution in [1.29, 1.82) is 0 Å². The molecule has 11 heteroatoms. The van der Waals surface area contributed by atoms with Crippen LogP contribution in [0.2, 0.25) is 5.02 Å². The molecule has 3 N–H and O–H groups in total. The number of aliphatic carboxylic acids is 1. The lowest BCUT2D eigenvalue weighted by molar-refractivity contribution is -0.131. The normalized spacial score (nSPS) is 11.5. The summed E-state index contributed by atoms with van der Waals surface area (Å²) in [4.78, 5) is 29.3. The summed E-state index contributed by atoms with van der Waals surface area (Å²) in [6, 6.07) is 21.8. The number of para-hydroxylation sites is 2. The first-order valence-corrected chi connectivity index (χ1v) is 12.9. The number of carboxylic acid groups (broad SMARTS) is 1. The molecule has 0 aliphatic rings. The summed E-state index contributed by atoms with van der Waals surface area (Å²) in [7, 11) is 1.53. The van der Waals surface area contributed by atoms with Crippen molar-refractivity contribution >= 4 is 57.9 Å². The highest BCUT2D eigenvalue weighted by Crippen LogP contribution is 2.33. The van der Waals surface area contributed by atoms with Gasteiger partial charge in [0.1, 0.15) is 17.2 Å². The number of thioether (sulfide) groups is 1. The maximum absolute atomic E-state index is 12.7. The molecule has 2 heterocycles. The number of carboxylic acids is 1. The average Bonchev–Trinajstić information content (AvgIpc) is 3.54. The highest BCUT2D eigenvalue weighted by Gasteiger charge is 2.18. The van der Waals surface area contributed by atoms with Crippen LogP contribution in [0.1, 0.15) is 5.56 Å². The minimum absolute atomic E-state index is 0.00949. The zero-order valence-corrected chi connectivity index (χ0v) is 22.2. The summed E-state index contributed by atoms with van der Waals surface area (Å²) in [5, 5.41) is 21.3. The molecule has 9 nitrogen and oxygen atoms in total. The number of hydrogen-bond donors (Lipinski definition) is 3. The van der Waals surface area contributed by atoms with E-state index >= 15 is 0 Å². The van der Waals surface area contributed by atoms with Crippen molar-refractivity contribution in [2.75, 3.05) is 12.4 Å². The number of rotatable bonds is 9. The van der Waals surface area contributed by atoms with Gasteiger partial charge in [0.2, 0.25) is 11.1 Å². The van der Waals surface area contributed by atoms with Gasteiger partial charge in [-0.3, -0.25) is 9.89 Å². The summed E-state index contributed by atoms with van der Waals surface area (Å²) < 4.78 is 7.17. The van der Waals surface area contributed by atoms with Gasteiger partial charge in [-0.1, -0.05) is 48.0 Å². The molecule has 196 valence electrons. The Labute approximate surface area is 232 Å². The number of ether oxygens (including phenoxy) is 1. The molecular formula is C28H22ClN5O4S. The van der Waals surface area contributed by atoms with Crippen LogP contribution >= 0.6 is 23.4 Å². The first kappa shape index (κ1) is 26.1. The second-order valence-corrected chi connectivity index (χ2v) is 9.82. The fourth-order valence-electron chi connectivity index (χ4n) is 4.05. The van der Waals surface area contributed by atoms with E-state index in [1.807, 2.05) is 54.6 Å². The maximum atomic E-state index is 12.7. The molecule has 3 aromatic carbocycles. The standard InChI is InChI=1S/C28H22ClN5O4S/c1-38-23-12-11-18(29)14-21(23)26-31-28(33-32-26)39-24(27(36)37)13-17-15-34(22-10-6-5-9-20(17)22)16-25(35)30-19-7-3-2-4-8-19/h2-15H,16H2,1H3,(H,30,35)(H,36,37)(H,31,32,33)/b24-13-. The number of benzene rings is 3. The number of carbonyl (C=O) groups is 2. The first-order chi connectivity index (χ1) is 18.9. The van der Waals surface area contributed by atoms with Crippen molar-refractivity contribution < 1.29 is 19.4 Å². The van der Waals surface area contributed by atoms with Crippen LogP contribution in [0.4, 0.5) is 5.69 Å². The molecular weight excluding hydrogens is 538 g/mol. The first-order valence-electron chi connectivity index (χ1n) is 11.7. The van der Waals surface area contributed by atoms with E-state index in [2.05, 4.69) is 20.5 Å². The second-order valence-electron chi connectivity index (χ2n) is 8.37. The molecule has 2 aromatic heterocycles. The van der Waals surface area contributed by atoms with Crippen LogP contribution in [-0.2, 0) is 16.1 Å². The molecule has 5 aromatic rings. The van der Waals surface area contributed by atoms with Crippen LogP contribution in [0.25, 0.3) is 28.4 Å². The summed E-state index contributed by atoms with van der Waals surface area (Å²) >= 11 is 7.04. The predicted molar refractivity (Wildman–Crippen MR) is 152 cm³/mol. The molecule has 1 amide bonds. The number of fused-ring (bicyclic) bond motifs is 1. The minimum atomic E-state index is -1.13. The van der Waals surface area contributed by atoms with E-state index in [0.717, 1.165) is 22.7 Å². The molecule has 0 unspecified atom stereocenters. The van der Waals surface area contributed by atoms with Crippen molar-refractivity contribution in [2.24, 2.45) is 0 Å². The summed E-state index contributed by atoms with van der Waals surface area (Å²) in [5.74, 6) is -0.395. The lowest BCUT2D eigenvalue weighted by Crippen LogP contribution is -2.18. The van der Waals surface area contributed by atoms with Crippen LogP contribution < -0.4 is 10.1 Å². The smallest absolute Gasteiger partial charge is 0.342 e. The van der Waals surface area contributed by atoms with Gasteiger partial charge in [0, 0.05) is 33.4 Å². The van der Waals surface area contributed by atoms with Crippen molar-refractivity contribution in [3.05, 3.63) is 94.5 Å². The van der Waals surface area contributed by atoms with E-state index in [-0.39, 0.29) is 22.5 Å². The van der Waals surface area contributed by atoms with Crippen LogP contribution in [0.5, 0.6) is 5.75 Å². The third-order valence-electron chi connectivity index (χ3n) is 5.77. The largest absolute Gasteiger partial charge is 0.496 e. The lowest BCUT2D eigenvalue weighted by atomic mass is 10.1. The second kappa shape index (κ2) is 11.5. The quantitative estimate of drug-likeness (QED) is 0.151. The Hall–Kier alpha value is -4.54. The zero-order valence-electron chi connectivity index (χ0n) is 20.6. The molecule has 0 saturated heterocycles. The fourth-order valence-corrected chi connectivity index (χ4v) is 4.92. The SMILES string of the molecule is COc1ccc(Cl)cc1-c1nc(S/C(=C\c2cn(CC(=O)Nc3ccccc3)c3ccccc23)C(=O)O)n[nH]1. The molecule has 0 aliphatic carbocycles. The molecule has 39 heavy (non-hydrogen) atoms. The van der Waals surface area contributed by atoms with Crippen LogP contribution in [-0.4, -0.2) is 43.8 Å². The number of methoxy groups -OCH3 is 1. The van der Waals surface area contributed by atoms with Gasteiger partial charge >= 0.3 is 5.97 Å². The zero-order chi connectivity index (χ0) is 27.4. The molecule has 0 fully saturated rings. The number of H-pyrrole nitrogens is 1. The molecule has 0 aliphatic heterocycles. The van der Waals surface area contributed by atoms with Crippen molar-refractivity contribution in [1.82, 2.24) is 19.7 Å². The number of aromatic amines is 1. The number of halogens is 1. The highest BCUT2D eigenvalue weighted by atomic mass is 35.5. The number of nitrogens with one attached hydrogen (secondary N) is 2. The van der Waals surface area contributed by atoms with E-state index in [9.17, 15) is 14.7 Å². The molecule has 0 bridgehead atoms. The van der Waals surface area contributed by atoms with Crippen molar-refractivity contribution in [2.45, 2.75) is 11.7 Å². The summed E-state index contributed by atoms with van der Waals surface area (Å²) in [5.41, 5.74) is 2.75. The van der Waals surface area contributed by atoms with Crippen LogP contribution in [0.3, 0.4) is 0 Å².